The van der Waals surface area contributed by atoms with E-state index in [1.54, 1.807) is 0 Å². The summed E-state index contributed by atoms with van der Waals surface area (Å²) in [7, 11) is -0.305. The molecule has 0 aliphatic carbocycles. The van der Waals surface area contributed by atoms with E-state index >= 15 is 0 Å². The summed E-state index contributed by atoms with van der Waals surface area (Å²) in [5.41, 5.74) is 3.07. The molecule has 1 heteroatoms. The minimum atomic E-state index is -0.305. The number of aryl methyl sites for hydroxylation is 1. The lowest BCUT2D eigenvalue weighted by atomic mass is 9.86. The Morgan fingerprint density at radius 3 is 1.56 bits per heavy atom. The van der Waals surface area contributed by atoms with Crippen molar-refractivity contribution in [3.05, 3.63) is 96.1 Å². The van der Waals surface area contributed by atoms with Gasteiger partial charge in [0.15, 0.2) is 0 Å². The van der Waals surface area contributed by atoms with Crippen molar-refractivity contribution in [2.75, 3.05) is 6.16 Å². The first-order valence-electron chi connectivity index (χ1n) is 9.01. The van der Waals surface area contributed by atoms with Crippen LogP contribution in [-0.2, 0) is 11.8 Å². The van der Waals surface area contributed by atoms with E-state index in [-0.39, 0.29) is 13.3 Å². The van der Waals surface area contributed by atoms with Crippen molar-refractivity contribution in [2.24, 2.45) is 0 Å². The minimum Gasteiger partial charge on any atom is -0.0622 e. The van der Waals surface area contributed by atoms with E-state index in [0.29, 0.717) is 0 Å². The molecule has 0 bridgehead atoms. The second-order valence-electron chi connectivity index (χ2n) is 7.52. The van der Waals surface area contributed by atoms with Crippen LogP contribution in [0.3, 0.4) is 0 Å². The molecule has 0 aliphatic rings. The highest BCUT2D eigenvalue weighted by atomic mass is 31.1. The van der Waals surface area contributed by atoms with E-state index in [2.05, 4.69) is 106 Å². The van der Waals surface area contributed by atoms with E-state index in [1.165, 1.54) is 27.9 Å². The molecular formula is C24H27P. The summed E-state index contributed by atoms with van der Waals surface area (Å²) in [6.07, 6.45) is 2.32. The van der Waals surface area contributed by atoms with Gasteiger partial charge in [0.25, 0.3) is 0 Å². The van der Waals surface area contributed by atoms with Crippen LogP contribution in [0.2, 0.25) is 0 Å². The van der Waals surface area contributed by atoms with E-state index in [0.717, 1.165) is 6.42 Å². The van der Waals surface area contributed by atoms with Crippen molar-refractivity contribution in [3.8, 4) is 0 Å². The monoisotopic (exact) mass is 346 g/mol. The third-order valence-electron chi connectivity index (χ3n) is 4.58. The maximum atomic E-state index is 2.31. The van der Waals surface area contributed by atoms with Gasteiger partial charge in [-0.05, 0) is 47.7 Å². The van der Waals surface area contributed by atoms with Gasteiger partial charge < -0.3 is 0 Å². The molecule has 0 nitrogen and oxygen atoms in total. The van der Waals surface area contributed by atoms with Gasteiger partial charge in [-0.2, -0.15) is 0 Å². The SMILES string of the molecule is CC(C)(C)c1ccc(CCP(c2ccccc2)c2ccccc2)cc1. The standard InChI is InChI=1S/C24H27P/c1-24(2,3)21-16-14-20(15-17-21)18-19-25(22-10-6-4-7-11-22)23-12-8-5-9-13-23/h4-17H,18-19H2,1-3H3. The van der Waals surface area contributed by atoms with Crippen LogP contribution in [0.1, 0.15) is 31.9 Å². The fourth-order valence-corrected chi connectivity index (χ4v) is 5.40. The van der Waals surface area contributed by atoms with Crippen molar-refractivity contribution in [1.82, 2.24) is 0 Å². The van der Waals surface area contributed by atoms with E-state index in [4.69, 9.17) is 0 Å². The zero-order chi connectivity index (χ0) is 17.7. The Bertz CT molecular complexity index is 728. The smallest absolute Gasteiger partial charge is 0.0132 e. The molecule has 128 valence electrons. The molecule has 0 N–H and O–H groups in total. The Balaban J connectivity index is 1.77. The van der Waals surface area contributed by atoms with E-state index in [9.17, 15) is 0 Å². The second-order valence-corrected chi connectivity index (χ2v) is 9.86. The predicted octanol–water partition coefficient (Wildman–Crippen LogP) is 5.66. The van der Waals surface area contributed by atoms with Crippen molar-refractivity contribution in [1.29, 1.82) is 0 Å². The highest BCUT2D eigenvalue weighted by Crippen LogP contribution is 2.34. The average molecular weight is 346 g/mol. The number of hydrogen-bond acceptors (Lipinski definition) is 0. The minimum absolute atomic E-state index is 0.221. The summed E-state index contributed by atoms with van der Waals surface area (Å²) in [4.78, 5) is 0. The molecular weight excluding hydrogens is 319 g/mol. The molecule has 25 heavy (non-hydrogen) atoms. The lowest BCUT2D eigenvalue weighted by molar-refractivity contribution is 0.590. The van der Waals surface area contributed by atoms with Gasteiger partial charge in [-0.25, -0.2) is 0 Å². The zero-order valence-corrected chi connectivity index (χ0v) is 16.3. The van der Waals surface area contributed by atoms with Crippen molar-refractivity contribution < 1.29 is 0 Å². The highest BCUT2D eigenvalue weighted by molar-refractivity contribution is 7.73. The van der Waals surface area contributed by atoms with Gasteiger partial charge in [0.1, 0.15) is 0 Å². The molecule has 3 aromatic carbocycles. The van der Waals surface area contributed by atoms with Crippen LogP contribution in [0.25, 0.3) is 0 Å². The van der Waals surface area contributed by atoms with E-state index < -0.39 is 0 Å². The van der Waals surface area contributed by atoms with Crippen molar-refractivity contribution >= 4 is 18.5 Å². The Kier molecular flexibility index (Phi) is 5.71. The Morgan fingerprint density at radius 2 is 1.12 bits per heavy atom. The lowest BCUT2D eigenvalue weighted by Crippen LogP contribution is -2.15. The first-order valence-corrected chi connectivity index (χ1v) is 10.5. The zero-order valence-electron chi connectivity index (χ0n) is 15.4. The number of hydrogen-bond donors (Lipinski definition) is 0. The van der Waals surface area contributed by atoms with Gasteiger partial charge in [-0.1, -0.05) is 106 Å². The summed E-state index contributed by atoms with van der Waals surface area (Å²) < 4.78 is 0. The van der Waals surface area contributed by atoms with Gasteiger partial charge in [0, 0.05) is 0 Å². The van der Waals surface area contributed by atoms with E-state index in [1.807, 2.05) is 0 Å². The second kappa shape index (κ2) is 7.98. The molecule has 0 spiro atoms. The Hall–Kier alpha value is -1.91. The lowest BCUT2D eigenvalue weighted by Gasteiger charge is -2.20. The molecule has 0 atom stereocenters. The first kappa shape index (κ1) is 17.9. The van der Waals surface area contributed by atoms with Gasteiger partial charge in [-0.15, -0.1) is 0 Å². The van der Waals surface area contributed by atoms with Crippen LogP contribution in [0.4, 0.5) is 0 Å². The third-order valence-corrected chi connectivity index (χ3v) is 7.09. The molecule has 0 fully saturated rings. The molecule has 0 radical (unpaired) electrons. The summed E-state index contributed by atoms with van der Waals surface area (Å²) in [5, 5.41) is 2.94. The van der Waals surface area contributed by atoms with Gasteiger partial charge in [0.05, 0.1) is 0 Å². The number of benzene rings is 3. The summed E-state index contributed by atoms with van der Waals surface area (Å²) in [5.74, 6) is 0. The number of rotatable bonds is 5. The van der Waals surface area contributed by atoms with Crippen molar-refractivity contribution in [3.63, 3.8) is 0 Å². The summed E-state index contributed by atoms with van der Waals surface area (Å²) in [6.45, 7) is 6.81. The quantitative estimate of drug-likeness (QED) is 0.523. The molecule has 0 saturated heterocycles. The fourth-order valence-electron chi connectivity index (χ4n) is 3.04. The van der Waals surface area contributed by atoms with Gasteiger partial charge in [0.2, 0.25) is 0 Å². The average Bonchev–Trinajstić information content (AvgIpc) is 2.63. The molecule has 0 saturated carbocycles. The first-order chi connectivity index (χ1) is 12.0. The molecule has 0 aliphatic heterocycles. The molecule has 3 rings (SSSR count). The largest absolute Gasteiger partial charge is 0.0622 e. The maximum absolute atomic E-state index is 2.31. The predicted molar refractivity (Wildman–Crippen MR) is 113 cm³/mol. The Morgan fingerprint density at radius 1 is 0.640 bits per heavy atom. The van der Waals surface area contributed by atoms with Gasteiger partial charge >= 0.3 is 0 Å². The molecule has 0 aromatic heterocycles. The topological polar surface area (TPSA) is 0 Å². The maximum Gasteiger partial charge on any atom is -0.0132 e. The molecule has 0 heterocycles. The van der Waals surface area contributed by atoms with Crippen LogP contribution in [0.15, 0.2) is 84.9 Å². The summed E-state index contributed by atoms with van der Waals surface area (Å²) >= 11 is 0. The molecule has 3 aromatic rings. The Labute approximate surface area is 153 Å². The molecule has 0 unspecified atom stereocenters. The molecule has 0 amide bonds. The fraction of sp³-hybridized carbons (Fsp3) is 0.250. The highest BCUT2D eigenvalue weighted by Gasteiger charge is 2.15. The van der Waals surface area contributed by atoms with Crippen LogP contribution < -0.4 is 10.6 Å². The van der Waals surface area contributed by atoms with Crippen molar-refractivity contribution in [2.45, 2.75) is 32.6 Å². The van der Waals surface area contributed by atoms with Crippen LogP contribution in [0.5, 0.6) is 0 Å². The third kappa shape index (κ3) is 4.80. The summed E-state index contributed by atoms with van der Waals surface area (Å²) in [6, 6.07) is 31.2. The van der Waals surface area contributed by atoms with Crippen LogP contribution in [0, 0.1) is 0 Å². The normalized spacial score (nSPS) is 11.7. The van der Waals surface area contributed by atoms with Gasteiger partial charge in [-0.3, -0.25) is 0 Å². The van der Waals surface area contributed by atoms with Crippen LogP contribution >= 0.6 is 7.92 Å². The van der Waals surface area contributed by atoms with Crippen LogP contribution in [-0.4, -0.2) is 6.16 Å².